The summed E-state index contributed by atoms with van der Waals surface area (Å²) in [6.45, 7) is 5.01. The van der Waals surface area contributed by atoms with Gasteiger partial charge in [0, 0.05) is 37.3 Å². The van der Waals surface area contributed by atoms with Crippen LogP contribution >= 0.6 is 11.3 Å². The molecule has 1 aromatic heterocycles. The van der Waals surface area contributed by atoms with Gasteiger partial charge in [0.2, 0.25) is 10.0 Å². The highest BCUT2D eigenvalue weighted by molar-refractivity contribution is 7.89. The first-order chi connectivity index (χ1) is 16.0. The van der Waals surface area contributed by atoms with Gasteiger partial charge in [0.1, 0.15) is 13.2 Å². The molecule has 0 saturated carbocycles. The van der Waals surface area contributed by atoms with E-state index in [1.807, 2.05) is 23.6 Å². The molecule has 0 atom stereocenters. The van der Waals surface area contributed by atoms with Crippen molar-refractivity contribution in [2.24, 2.45) is 4.99 Å². The van der Waals surface area contributed by atoms with Crippen LogP contribution in [0.25, 0.3) is 10.2 Å². The number of benzene rings is 2. The summed E-state index contributed by atoms with van der Waals surface area (Å²) in [6, 6.07) is 9.74. The lowest BCUT2D eigenvalue weighted by Gasteiger charge is -2.26. The average Bonchev–Trinajstić information content (AvgIpc) is 3.18. The standard InChI is InChI=1S/C22H23N3O6S2/c1-2-25-17-13-18-19(31-12-11-30-18)14-20(17)32-22(25)23-21(26)15-3-5-16(6-4-15)33(27,28)24-7-9-29-10-8-24/h3-6,13-14H,2,7-12H2,1H3. The van der Waals surface area contributed by atoms with Crippen LogP contribution in [0, 0.1) is 0 Å². The molecule has 33 heavy (non-hydrogen) atoms. The molecule has 1 fully saturated rings. The number of thiazole rings is 1. The summed E-state index contributed by atoms with van der Waals surface area (Å²) in [4.78, 5) is 17.9. The van der Waals surface area contributed by atoms with Crippen molar-refractivity contribution >= 4 is 37.5 Å². The van der Waals surface area contributed by atoms with Crippen molar-refractivity contribution in [3.63, 3.8) is 0 Å². The van der Waals surface area contributed by atoms with Gasteiger partial charge in [-0.25, -0.2) is 8.42 Å². The first-order valence-corrected chi connectivity index (χ1v) is 12.9. The number of aryl methyl sites for hydroxylation is 1. The van der Waals surface area contributed by atoms with E-state index in [0.29, 0.717) is 67.9 Å². The van der Waals surface area contributed by atoms with Gasteiger partial charge in [-0.1, -0.05) is 11.3 Å². The van der Waals surface area contributed by atoms with E-state index in [1.165, 1.54) is 39.9 Å². The summed E-state index contributed by atoms with van der Waals surface area (Å²) in [6.07, 6.45) is 0. The van der Waals surface area contributed by atoms with E-state index in [-0.39, 0.29) is 4.90 Å². The predicted octanol–water partition coefficient (Wildman–Crippen LogP) is 2.26. The maximum Gasteiger partial charge on any atom is 0.279 e. The second-order valence-corrected chi connectivity index (χ2v) is 10.5. The number of hydrogen-bond acceptors (Lipinski definition) is 7. The number of ether oxygens (including phenoxy) is 3. The lowest BCUT2D eigenvalue weighted by molar-refractivity contribution is 0.0730. The summed E-state index contributed by atoms with van der Waals surface area (Å²) >= 11 is 1.40. The molecule has 5 rings (SSSR count). The monoisotopic (exact) mass is 489 g/mol. The average molecular weight is 490 g/mol. The van der Waals surface area contributed by atoms with Crippen LogP contribution in [0.1, 0.15) is 17.3 Å². The fourth-order valence-corrected chi connectivity index (χ4v) is 6.36. The maximum atomic E-state index is 12.9. The van der Waals surface area contributed by atoms with Crippen LogP contribution in [0.4, 0.5) is 0 Å². The Bertz CT molecular complexity index is 1370. The number of rotatable bonds is 4. The van der Waals surface area contributed by atoms with Crippen molar-refractivity contribution in [3.05, 3.63) is 46.8 Å². The summed E-state index contributed by atoms with van der Waals surface area (Å²) in [5, 5.41) is 0. The van der Waals surface area contributed by atoms with Gasteiger partial charge in [-0.05, 0) is 31.2 Å². The molecule has 3 heterocycles. The van der Waals surface area contributed by atoms with Crippen LogP contribution in [0.3, 0.4) is 0 Å². The number of sulfonamides is 1. The normalized spacial score (nSPS) is 17.4. The summed E-state index contributed by atoms with van der Waals surface area (Å²) in [7, 11) is -3.61. The number of aromatic nitrogens is 1. The van der Waals surface area contributed by atoms with Crippen LogP contribution in [0.5, 0.6) is 11.5 Å². The topological polar surface area (TPSA) is 99.4 Å². The highest BCUT2D eigenvalue weighted by Gasteiger charge is 2.26. The fourth-order valence-electron chi connectivity index (χ4n) is 3.85. The van der Waals surface area contributed by atoms with E-state index in [4.69, 9.17) is 14.2 Å². The number of morpholine rings is 1. The number of fused-ring (bicyclic) bond motifs is 2. The minimum Gasteiger partial charge on any atom is -0.486 e. The Morgan fingerprint density at radius 3 is 2.36 bits per heavy atom. The highest BCUT2D eigenvalue weighted by Crippen LogP contribution is 2.35. The van der Waals surface area contributed by atoms with E-state index in [2.05, 4.69) is 4.99 Å². The molecule has 0 radical (unpaired) electrons. The van der Waals surface area contributed by atoms with E-state index in [9.17, 15) is 13.2 Å². The molecule has 2 aromatic carbocycles. The molecule has 2 aliphatic heterocycles. The van der Waals surface area contributed by atoms with Crippen LogP contribution in [-0.2, 0) is 21.3 Å². The van der Waals surface area contributed by atoms with E-state index >= 15 is 0 Å². The lowest BCUT2D eigenvalue weighted by Crippen LogP contribution is -2.40. The minimum absolute atomic E-state index is 0.150. The zero-order chi connectivity index (χ0) is 23.0. The number of hydrogen-bond donors (Lipinski definition) is 0. The zero-order valence-corrected chi connectivity index (χ0v) is 19.7. The second kappa shape index (κ2) is 8.90. The first-order valence-electron chi connectivity index (χ1n) is 10.7. The van der Waals surface area contributed by atoms with Crippen molar-refractivity contribution < 1.29 is 27.4 Å². The Balaban J connectivity index is 1.45. The summed E-state index contributed by atoms with van der Waals surface area (Å²) < 4.78 is 46.4. The number of nitrogens with zero attached hydrogens (tertiary/aromatic N) is 3. The Morgan fingerprint density at radius 2 is 1.70 bits per heavy atom. The maximum absolute atomic E-state index is 12.9. The molecule has 2 aliphatic rings. The van der Waals surface area contributed by atoms with Crippen LogP contribution in [0.15, 0.2) is 46.3 Å². The molecule has 0 unspecified atom stereocenters. The fraction of sp³-hybridized carbons (Fsp3) is 0.364. The molecule has 1 saturated heterocycles. The molecule has 9 nitrogen and oxygen atoms in total. The van der Waals surface area contributed by atoms with Crippen molar-refractivity contribution in [1.29, 1.82) is 0 Å². The lowest BCUT2D eigenvalue weighted by atomic mass is 10.2. The zero-order valence-electron chi connectivity index (χ0n) is 18.0. The van der Waals surface area contributed by atoms with Crippen LogP contribution in [-0.4, -0.2) is 62.7 Å². The third kappa shape index (κ3) is 4.17. The van der Waals surface area contributed by atoms with Gasteiger partial charge in [-0.2, -0.15) is 9.30 Å². The molecule has 3 aromatic rings. The van der Waals surface area contributed by atoms with E-state index < -0.39 is 15.9 Å². The summed E-state index contributed by atoms with van der Waals surface area (Å²) in [5.41, 5.74) is 1.24. The van der Waals surface area contributed by atoms with E-state index in [0.717, 1.165) is 10.2 Å². The Morgan fingerprint density at radius 1 is 1.03 bits per heavy atom. The summed E-state index contributed by atoms with van der Waals surface area (Å²) in [5.74, 6) is 0.938. The largest absolute Gasteiger partial charge is 0.486 e. The van der Waals surface area contributed by atoms with Crippen LogP contribution < -0.4 is 14.3 Å². The Kier molecular flexibility index (Phi) is 5.95. The smallest absolute Gasteiger partial charge is 0.279 e. The SMILES string of the molecule is CCn1c(=NC(=O)c2ccc(S(=O)(=O)N3CCOCC3)cc2)sc2cc3c(cc21)OCCO3. The Hall–Kier alpha value is -2.73. The third-order valence-electron chi connectivity index (χ3n) is 5.57. The van der Waals surface area contributed by atoms with E-state index in [1.54, 1.807) is 0 Å². The number of carbonyl (C=O) groups excluding carboxylic acids is 1. The van der Waals surface area contributed by atoms with Crippen molar-refractivity contribution in [3.8, 4) is 11.5 Å². The van der Waals surface area contributed by atoms with Gasteiger partial charge in [0.15, 0.2) is 16.3 Å². The van der Waals surface area contributed by atoms with Crippen LogP contribution in [0.2, 0.25) is 0 Å². The number of amides is 1. The van der Waals surface area contributed by atoms with Gasteiger partial charge in [0.05, 0.1) is 28.3 Å². The molecule has 0 spiro atoms. The molecule has 1 amide bonds. The molecular weight excluding hydrogens is 466 g/mol. The quantitative estimate of drug-likeness (QED) is 0.558. The first kappa shape index (κ1) is 22.1. The minimum atomic E-state index is -3.61. The molecule has 0 N–H and O–H groups in total. The highest BCUT2D eigenvalue weighted by atomic mass is 32.2. The van der Waals surface area contributed by atoms with Gasteiger partial charge < -0.3 is 18.8 Å². The Labute approximate surface area is 194 Å². The van der Waals surface area contributed by atoms with Gasteiger partial charge in [-0.15, -0.1) is 0 Å². The predicted molar refractivity (Wildman–Crippen MR) is 122 cm³/mol. The molecule has 0 aliphatic carbocycles. The molecule has 11 heteroatoms. The molecule has 0 bridgehead atoms. The van der Waals surface area contributed by atoms with Gasteiger partial charge in [-0.3, -0.25) is 4.79 Å². The van der Waals surface area contributed by atoms with Crippen molar-refractivity contribution in [2.45, 2.75) is 18.4 Å². The second-order valence-electron chi connectivity index (χ2n) is 7.55. The van der Waals surface area contributed by atoms with Crippen molar-refractivity contribution in [2.75, 3.05) is 39.5 Å². The number of carbonyl (C=O) groups is 1. The van der Waals surface area contributed by atoms with Gasteiger partial charge >= 0.3 is 0 Å². The van der Waals surface area contributed by atoms with Gasteiger partial charge in [0.25, 0.3) is 5.91 Å². The third-order valence-corrected chi connectivity index (χ3v) is 8.52. The molecular formula is C22H23N3O6S2. The van der Waals surface area contributed by atoms with Crippen molar-refractivity contribution in [1.82, 2.24) is 8.87 Å². The molecule has 174 valence electrons.